The quantitative estimate of drug-likeness (QED) is 0.853. The molecular formula is C17H18N2O4. The minimum absolute atomic E-state index is 0.273. The van der Waals surface area contributed by atoms with Gasteiger partial charge in [-0.1, -0.05) is 0 Å². The Labute approximate surface area is 133 Å². The van der Waals surface area contributed by atoms with Crippen molar-refractivity contribution < 1.29 is 18.4 Å². The second-order valence-electron chi connectivity index (χ2n) is 6.72. The Hall–Kier alpha value is -2.21. The fourth-order valence-corrected chi connectivity index (χ4v) is 4.23. The standard InChI is InChI=1S/C17H18N2O4/c20-16-19(13-8-15(22-9-13)14-2-1-7-21-14)11-17(23-16)10-18-5-3-12(17)4-6-18/h1-2,7-9,12H,3-6,10-11H2/t17-/m0/s1. The predicted molar refractivity (Wildman–Crippen MR) is 82.1 cm³/mol. The van der Waals surface area contributed by atoms with E-state index < -0.39 is 0 Å². The second-order valence-corrected chi connectivity index (χ2v) is 6.72. The van der Waals surface area contributed by atoms with Crippen molar-refractivity contribution in [1.29, 1.82) is 0 Å². The smallest absolute Gasteiger partial charge is 0.415 e. The van der Waals surface area contributed by atoms with E-state index in [1.54, 1.807) is 17.4 Å². The molecule has 2 bridgehead atoms. The normalized spacial score (nSPS) is 32.7. The molecule has 0 unspecified atom stereocenters. The molecule has 23 heavy (non-hydrogen) atoms. The molecule has 2 aromatic rings. The van der Waals surface area contributed by atoms with Crippen LogP contribution in [0.2, 0.25) is 0 Å². The van der Waals surface area contributed by atoms with Crippen LogP contribution in [0.3, 0.4) is 0 Å². The van der Waals surface area contributed by atoms with Crippen molar-refractivity contribution in [3.05, 3.63) is 30.7 Å². The van der Waals surface area contributed by atoms with Gasteiger partial charge in [-0.3, -0.25) is 9.80 Å². The van der Waals surface area contributed by atoms with Crippen molar-refractivity contribution in [2.45, 2.75) is 18.4 Å². The molecule has 4 aliphatic heterocycles. The van der Waals surface area contributed by atoms with Crippen LogP contribution >= 0.6 is 0 Å². The summed E-state index contributed by atoms with van der Waals surface area (Å²) in [5.41, 5.74) is 0.380. The van der Waals surface area contributed by atoms with Crippen molar-refractivity contribution in [3.8, 4) is 11.5 Å². The van der Waals surface area contributed by atoms with Crippen LogP contribution in [0.5, 0.6) is 0 Å². The molecule has 0 aromatic carbocycles. The first kappa shape index (κ1) is 13.2. The van der Waals surface area contributed by atoms with Gasteiger partial charge in [0, 0.05) is 18.5 Å². The topological polar surface area (TPSA) is 59.1 Å². The molecule has 6 heterocycles. The lowest BCUT2D eigenvalue weighted by Gasteiger charge is -2.49. The first-order valence-corrected chi connectivity index (χ1v) is 8.09. The van der Waals surface area contributed by atoms with Crippen LogP contribution in [0, 0.1) is 5.92 Å². The van der Waals surface area contributed by atoms with Crippen LogP contribution in [-0.2, 0) is 4.74 Å². The summed E-state index contributed by atoms with van der Waals surface area (Å²) in [4.78, 5) is 16.5. The Morgan fingerprint density at radius 2 is 2.00 bits per heavy atom. The zero-order chi connectivity index (χ0) is 15.4. The van der Waals surface area contributed by atoms with Gasteiger partial charge in [0.25, 0.3) is 0 Å². The van der Waals surface area contributed by atoms with Crippen LogP contribution in [0.4, 0.5) is 10.5 Å². The van der Waals surface area contributed by atoms with Gasteiger partial charge in [0.1, 0.15) is 11.9 Å². The molecule has 0 N–H and O–H groups in total. The summed E-state index contributed by atoms with van der Waals surface area (Å²) in [5, 5.41) is 0. The van der Waals surface area contributed by atoms with Gasteiger partial charge in [0.15, 0.2) is 11.5 Å². The molecule has 0 aliphatic carbocycles. The number of piperidine rings is 3. The van der Waals surface area contributed by atoms with Crippen molar-refractivity contribution >= 4 is 11.8 Å². The number of carbonyl (C=O) groups excluding carboxylic acids is 1. The van der Waals surface area contributed by atoms with E-state index >= 15 is 0 Å². The Morgan fingerprint density at radius 1 is 1.13 bits per heavy atom. The third-order valence-corrected chi connectivity index (χ3v) is 5.42. The third-order valence-electron chi connectivity index (χ3n) is 5.42. The molecule has 4 saturated heterocycles. The molecular weight excluding hydrogens is 296 g/mol. The summed E-state index contributed by atoms with van der Waals surface area (Å²) >= 11 is 0. The lowest BCUT2D eigenvalue weighted by Crippen LogP contribution is -2.61. The van der Waals surface area contributed by atoms with E-state index in [-0.39, 0.29) is 11.7 Å². The molecule has 1 spiro atoms. The first-order valence-electron chi connectivity index (χ1n) is 8.09. The number of nitrogens with zero attached hydrogens (tertiary/aromatic N) is 2. The largest absolute Gasteiger partial charge is 0.461 e. The lowest BCUT2D eigenvalue weighted by atomic mass is 9.75. The molecule has 0 radical (unpaired) electrons. The van der Waals surface area contributed by atoms with Gasteiger partial charge in [0.05, 0.1) is 18.5 Å². The highest BCUT2D eigenvalue weighted by molar-refractivity contribution is 5.90. The molecule has 0 saturated carbocycles. The fourth-order valence-electron chi connectivity index (χ4n) is 4.23. The average molecular weight is 314 g/mol. The van der Waals surface area contributed by atoms with Gasteiger partial charge in [-0.15, -0.1) is 0 Å². The van der Waals surface area contributed by atoms with Gasteiger partial charge in [-0.25, -0.2) is 4.79 Å². The van der Waals surface area contributed by atoms with Crippen LogP contribution in [0.15, 0.2) is 39.6 Å². The number of hydrogen-bond donors (Lipinski definition) is 0. The summed E-state index contributed by atoms with van der Waals surface area (Å²) < 4.78 is 16.8. The van der Waals surface area contributed by atoms with Crippen LogP contribution in [0.25, 0.3) is 11.5 Å². The molecule has 1 atom stereocenters. The molecule has 6 rings (SSSR count). The number of hydrogen-bond acceptors (Lipinski definition) is 5. The van der Waals surface area contributed by atoms with Gasteiger partial charge < -0.3 is 13.6 Å². The minimum Gasteiger partial charge on any atom is -0.461 e. The van der Waals surface area contributed by atoms with Crippen LogP contribution in [0.1, 0.15) is 12.8 Å². The summed E-state index contributed by atoms with van der Waals surface area (Å²) in [6.07, 6.45) is 5.16. The third kappa shape index (κ3) is 1.94. The number of furan rings is 2. The molecule has 1 amide bonds. The van der Waals surface area contributed by atoms with Crippen molar-refractivity contribution in [2.75, 3.05) is 31.1 Å². The molecule has 4 fully saturated rings. The number of amides is 1. The highest BCUT2D eigenvalue weighted by Gasteiger charge is 2.55. The SMILES string of the molecule is O=C1O[C@@]2(CN3CCC2CC3)CN1c1coc(-c2ccco2)c1. The van der Waals surface area contributed by atoms with Crippen LogP contribution < -0.4 is 4.90 Å². The van der Waals surface area contributed by atoms with E-state index in [4.69, 9.17) is 13.6 Å². The molecule has 2 aromatic heterocycles. The lowest BCUT2D eigenvalue weighted by molar-refractivity contribution is -0.0881. The van der Waals surface area contributed by atoms with Crippen molar-refractivity contribution in [3.63, 3.8) is 0 Å². The predicted octanol–water partition coefficient (Wildman–Crippen LogP) is 2.96. The molecule has 6 nitrogen and oxygen atoms in total. The molecule has 120 valence electrons. The van der Waals surface area contributed by atoms with E-state index in [2.05, 4.69) is 4.90 Å². The number of fused-ring (bicyclic) bond motifs is 2. The van der Waals surface area contributed by atoms with E-state index in [1.165, 1.54) is 0 Å². The summed E-state index contributed by atoms with van der Waals surface area (Å²) in [6, 6.07) is 5.48. The molecule has 6 heteroatoms. The van der Waals surface area contributed by atoms with Crippen LogP contribution in [-0.4, -0.2) is 42.8 Å². The van der Waals surface area contributed by atoms with Gasteiger partial charge in [-0.2, -0.15) is 0 Å². The summed E-state index contributed by atoms with van der Waals surface area (Å²) in [6.45, 7) is 3.70. The Bertz CT molecular complexity index is 730. The number of rotatable bonds is 2. The maximum absolute atomic E-state index is 12.4. The van der Waals surface area contributed by atoms with Gasteiger partial charge in [-0.05, 0) is 38.1 Å². The Kier molecular flexibility index (Phi) is 2.68. The number of anilines is 1. The van der Waals surface area contributed by atoms with E-state index in [0.717, 1.165) is 38.2 Å². The minimum atomic E-state index is -0.351. The maximum atomic E-state index is 12.4. The van der Waals surface area contributed by atoms with E-state index in [1.807, 2.05) is 18.2 Å². The highest BCUT2D eigenvalue weighted by atomic mass is 16.6. The van der Waals surface area contributed by atoms with Crippen molar-refractivity contribution in [2.24, 2.45) is 5.92 Å². The highest BCUT2D eigenvalue weighted by Crippen LogP contribution is 2.43. The summed E-state index contributed by atoms with van der Waals surface area (Å²) in [5.74, 6) is 1.74. The second kappa shape index (κ2) is 4.64. The van der Waals surface area contributed by atoms with E-state index in [0.29, 0.717) is 24.0 Å². The molecule has 4 aliphatic rings. The first-order chi connectivity index (χ1) is 11.2. The zero-order valence-corrected chi connectivity index (χ0v) is 12.7. The monoisotopic (exact) mass is 314 g/mol. The maximum Gasteiger partial charge on any atom is 0.415 e. The Morgan fingerprint density at radius 3 is 2.70 bits per heavy atom. The van der Waals surface area contributed by atoms with E-state index in [9.17, 15) is 4.79 Å². The fraction of sp³-hybridized carbons (Fsp3) is 0.471. The number of ether oxygens (including phenoxy) is 1. The summed E-state index contributed by atoms with van der Waals surface area (Å²) in [7, 11) is 0. The number of carbonyl (C=O) groups is 1. The average Bonchev–Trinajstić information content (AvgIpc) is 3.28. The van der Waals surface area contributed by atoms with Gasteiger partial charge >= 0.3 is 6.09 Å². The van der Waals surface area contributed by atoms with Crippen molar-refractivity contribution in [1.82, 2.24) is 4.90 Å². The zero-order valence-electron chi connectivity index (χ0n) is 12.7. The van der Waals surface area contributed by atoms with Gasteiger partial charge in [0.2, 0.25) is 0 Å². The Balaban J connectivity index is 1.43.